The SMILES string of the molecule is COCC1O[C@H]2OC(C)(C)CCCCC(C)(C)[C@H]1C(O)[C@@H]2OC. The minimum Gasteiger partial charge on any atom is -0.390 e. The third-order valence-electron chi connectivity index (χ3n) is 5.47. The number of methoxy groups -OCH3 is 2. The predicted octanol–water partition coefficient (Wildman–Crippen LogP) is 2.75. The van der Waals surface area contributed by atoms with E-state index in [-0.39, 0.29) is 23.0 Å². The second-order valence-electron chi connectivity index (χ2n) is 8.29. The summed E-state index contributed by atoms with van der Waals surface area (Å²) in [7, 11) is 3.28. The van der Waals surface area contributed by atoms with Crippen LogP contribution in [0.3, 0.4) is 0 Å². The third kappa shape index (κ3) is 4.26. The molecule has 0 saturated carbocycles. The van der Waals surface area contributed by atoms with Crippen molar-refractivity contribution in [3.63, 3.8) is 0 Å². The summed E-state index contributed by atoms with van der Waals surface area (Å²) in [6.45, 7) is 9.03. The zero-order valence-corrected chi connectivity index (χ0v) is 15.5. The van der Waals surface area contributed by atoms with Gasteiger partial charge >= 0.3 is 0 Å². The van der Waals surface area contributed by atoms with Gasteiger partial charge in [0.25, 0.3) is 0 Å². The fourth-order valence-electron chi connectivity index (χ4n) is 4.21. The third-order valence-corrected chi connectivity index (χ3v) is 5.47. The van der Waals surface area contributed by atoms with Crippen molar-refractivity contribution in [3.8, 4) is 0 Å². The summed E-state index contributed by atoms with van der Waals surface area (Å²) in [6.07, 6.45) is 2.34. The van der Waals surface area contributed by atoms with Crippen molar-refractivity contribution < 1.29 is 24.1 Å². The molecule has 3 aliphatic rings. The van der Waals surface area contributed by atoms with E-state index in [9.17, 15) is 5.11 Å². The van der Waals surface area contributed by atoms with Crippen LogP contribution in [0.15, 0.2) is 0 Å². The Kier molecular flexibility index (Phi) is 6.12. The summed E-state index contributed by atoms with van der Waals surface area (Å²) in [5.41, 5.74) is -0.362. The number of ether oxygens (including phenoxy) is 4. The van der Waals surface area contributed by atoms with Crippen LogP contribution in [0.1, 0.15) is 53.4 Å². The molecule has 23 heavy (non-hydrogen) atoms. The molecule has 0 amide bonds. The van der Waals surface area contributed by atoms with Gasteiger partial charge in [0.1, 0.15) is 6.10 Å². The van der Waals surface area contributed by atoms with E-state index < -0.39 is 18.5 Å². The lowest BCUT2D eigenvalue weighted by atomic mass is 9.67. The Morgan fingerprint density at radius 3 is 2.35 bits per heavy atom. The van der Waals surface area contributed by atoms with Crippen molar-refractivity contribution >= 4 is 0 Å². The Hall–Kier alpha value is -0.200. The van der Waals surface area contributed by atoms with Crippen LogP contribution in [-0.4, -0.2) is 56.1 Å². The van der Waals surface area contributed by atoms with E-state index in [1.807, 2.05) is 0 Å². The molecule has 0 aromatic carbocycles. The molecule has 5 atom stereocenters. The first-order valence-electron chi connectivity index (χ1n) is 8.75. The van der Waals surface area contributed by atoms with Gasteiger partial charge in [-0.3, -0.25) is 0 Å². The van der Waals surface area contributed by atoms with Gasteiger partial charge in [-0.15, -0.1) is 0 Å². The Morgan fingerprint density at radius 1 is 1.09 bits per heavy atom. The normalized spacial score (nSPS) is 40.6. The van der Waals surface area contributed by atoms with Crippen molar-refractivity contribution in [3.05, 3.63) is 0 Å². The average molecular weight is 330 g/mol. The highest BCUT2D eigenvalue weighted by Crippen LogP contribution is 2.45. The largest absolute Gasteiger partial charge is 0.390 e. The number of rotatable bonds is 3. The molecule has 5 heteroatoms. The van der Waals surface area contributed by atoms with Gasteiger partial charge in [0.15, 0.2) is 6.29 Å². The van der Waals surface area contributed by atoms with Crippen LogP contribution in [0.4, 0.5) is 0 Å². The molecule has 3 heterocycles. The van der Waals surface area contributed by atoms with Crippen molar-refractivity contribution in [2.24, 2.45) is 11.3 Å². The topological polar surface area (TPSA) is 57.2 Å². The summed E-state index contributed by atoms with van der Waals surface area (Å²) in [4.78, 5) is 0. The Bertz CT molecular complexity index is 378. The first kappa shape index (κ1) is 19.1. The quantitative estimate of drug-likeness (QED) is 0.862. The van der Waals surface area contributed by atoms with Crippen LogP contribution in [-0.2, 0) is 18.9 Å². The molecule has 0 radical (unpaired) electrons. The molecule has 3 saturated heterocycles. The highest BCUT2D eigenvalue weighted by molar-refractivity contribution is 4.98. The fraction of sp³-hybridized carbons (Fsp3) is 1.00. The molecule has 0 aromatic rings. The lowest BCUT2D eigenvalue weighted by Crippen LogP contribution is -2.61. The Balaban J connectivity index is 2.39. The number of hydrogen-bond donors (Lipinski definition) is 1. The molecule has 3 aliphatic heterocycles. The smallest absolute Gasteiger partial charge is 0.187 e. The average Bonchev–Trinajstić information content (AvgIpc) is 2.45. The Morgan fingerprint density at radius 2 is 1.74 bits per heavy atom. The lowest BCUT2D eigenvalue weighted by Gasteiger charge is -2.50. The molecule has 0 aromatic heterocycles. The minimum atomic E-state index is -0.636. The van der Waals surface area contributed by atoms with Crippen LogP contribution >= 0.6 is 0 Å². The molecule has 2 unspecified atom stereocenters. The van der Waals surface area contributed by atoms with Crippen LogP contribution < -0.4 is 0 Å². The van der Waals surface area contributed by atoms with E-state index in [1.54, 1.807) is 14.2 Å². The number of fused-ring (bicyclic) bond motifs is 8. The van der Waals surface area contributed by atoms with Crippen molar-refractivity contribution in [2.75, 3.05) is 20.8 Å². The van der Waals surface area contributed by atoms with E-state index in [1.165, 1.54) is 0 Å². The molecule has 3 fully saturated rings. The Labute approximate surface area is 140 Å². The van der Waals surface area contributed by atoms with Crippen LogP contribution in [0.2, 0.25) is 0 Å². The summed E-state index contributed by atoms with van der Waals surface area (Å²) in [5, 5.41) is 11.0. The van der Waals surface area contributed by atoms with Crippen LogP contribution in [0.5, 0.6) is 0 Å². The summed E-state index contributed by atoms with van der Waals surface area (Å²) < 4.78 is 23.4. The summed E-state index contributed by atoms with van der Waals surface area (Å²) in [6, 6.07) is 0. The highest BCUT2D eigenvalue weighted by Gasteiger charge is 2.52. The zero-order valence-electron chi connectivity index (χ0n) is 15.5. The minimum absolute atomic E-state index is 0.0477. The van der Waals surface area contributed by atoms with Gasteiger partial charge in [-0.05, 0) is 32.1 Å². The van der Waals surface area contributed by atoms with Crippen LogP contribution in [0, 0.1) is 11.3 Å². The maximum absolute atomic E-state index is 11.0. The maximum Gasteiger partial charge on any atom is 0.187 e. The summed E-state index contributed by atoms with van der Waals surface area (Å²) in [5.74, 6) is -0.0477. The van der Waals surface area contributed by atoms with E-state index in [2.05, 4.69) is 27.7 Å². The molecule has 0 aliphatic carbocycles. The lowest BCUT2D eigenvalue weighted by molar-refractivity contribution is -0.328. The van der Waals surface area contributed by atoms with E-state index >= 15 is 0 Å². The highest BCUT2D eigenvalue weighted by atomic mass is 16.7. The van der Waals surface area contributed by atoms with Crippen molar-refractivity contribution in [1.82, 2.24) is 0 Å². The number of aliphatic hydroxyl groups is 1. The molecule has 1 N–H and O–H groups in total. The van der Waals surface area contributed by atoms with Gasteiger partial charge in [0.2, 0.25) is 0 Å². The van der Waals surface area contributed by atoms with Crippen molar-refractivity contribution in [2.45, 2.75) is 83.6 Å². The van der Waals surface area contributed by atoms with Gasteiger partial charge in [0.05, 0.1) is 24.4 Å². The zero-order chi connectivity index (χ0) is 17.3. The molecule has 2 bridgehead atoms. The van der Waals surface area contributed by atoms with Gasteiger partial charge in [-0.2, -0.15) is 0 Å². The van der Waals surface area contributed by atoms with E-state index in [4.69, 9.17) is 18.9 Å². The first-order chi connectivity index (χ1) is 10.7. The molecule has 3 rings (SSSR count). The van der Waals surface area contributed by atoms with E-state index in [0.29, 0.717) is 6.61 Å². The van der Waals surface area contributed by atoms with Gasteiger partial charge in [-0.25, -0.2) is 0 Å². The number of hydrogen-bond acceptors (Lipinski definition) is 5. The monoisotopic (exact) mass is 330 g/mol. The number of aliphatic hydroxyl groups excluding tert-OH is 1. The van der Waals surface area contributed by atoms with Crippen LogP contribution in [0.25, 0.3) is 0 Å². The van der Waals surface area contributed by atoms with Gasteiger partial charge < -0.3 is 24.1 Å². The molecule has 5 nitrogen and oxygen atoms in total. The maximum atomic E-state index is 11.0. The first-order valence-corrected chi connectivity index (χ1v) is 8.75. The second-order valence-corrected chi connectivity index (χ2v) is 8.29. The van der Waals surface area contributed by atoms with Gasteiger partial charge in [0, 0.05) is 20.1 Å². The van der Waals surface area contributed by atoms with E-state index in [0.717, 1.165) is 25.7 Å². The molecule has 0 spiro atoms. The predicted molar refractivity (Wildman–Crippen MR) is 88.2 cm³/mol. The summed E-state index contributed by atoms with van der Waals surface area (Å²) >= 11 is 0. The fourth-order valence-corrected chi connectivity index (χ4v) is 4.21. The molecule has 136 valence electrons. The second kappa shape index (κ2) is 7.36. The van der Waals surface area contributed by atoms with Crippen molar-refractivity contribution in [1.29, 1.82) is 0 Å². The molecular formula is C18H34O5. The van der Waals surface area contributed by atoms with Gasteiger partial charge in [-0.1, -0.05) is 26.7 Å². The standard InChI is InChI=1S/C18H34O5/c1-17(2)9-7-8-10-18(3,4)23-16-15(21-6)14(19)13(17)12(22-16)11-20-5/h12-16,19H,7-11H2,1-6H3/t12?,13-,14?,15+,16+/m1/s1. The molecular weight excluding hydrogens is 296 g/mol.